The van der Waals surface area contributed by atoms with E-state index in [0.29, 0.717) is 17.0 Å². The van der Waals surface area contributed by atoms with Gasteiger partial charge in [-0.2, -0.15) is 10.2 Å². The molecule has 2 aromatic rings. The molecule has 0 atom stereocenters. The summed E-state index contributed by atoms with van der Waals surface area (Å²) in [5.41, 5.74) is 1.27. The fraction of sp³-hybridized carbons (Fsp3) is 0.222. The molecule has 0 aliphatic heterocycles. The fourth-order valence-electron chi connectivity index (χ4n) is 2.03. The molecule has 2 aromatic carbocycles. The third-order valence-corrected chi connectivity index (χ3v) is 3.54. The monoisotopic (exact) mass is 334 g/mol. The Morgan fingerprint density at radius 1 is 1.00 bits per heavy atom. The molecule has 0 saturated heterocycles. The van der Waals surface area contributed by atoms with Crippen molar-refractivity contribution < 1.29 is 8.78 Å². The van der Waals surface area contributed by atoms with E-state index in [9.17, 15) is 8.78 Å². The highest BCUT2D eigenvalue weighted by Crippen LogP contribution is 2.16. The van der Waals surface area contributed by atoms with Gasteiger partial charge in [0.1, 0.15) is 11.6 Å². The Morgan fingerprint density at radius 3 is 2.22 bits per heavy atom. The van der Waals surface area contributed by atoms with Gasteiger partial charge in [-0.15, -0.1) is 0 Å². The van der Waals surface area contributed by atoms with Crippen molar-refractivity contribution in [3.63, 3.8) is 0 Å². The SMILES string of the molecule is CCCCc1cc(F)c(C=NN=Cc2ccc(Cl)cc2)c(F)c1. The van der Waals surface area contributed by atoms with E-state index in [1.165, 1.54) is 18.3 Å². The van der Waals surface area contributed by atoms with Crippen molar-refractivity contribution in [3.05, 3.63) is 69.7 Å². The van der Waals surface area contributed by atoms with Crippen LogP contribution in [-0.2, 0) is 6.42 Å². The maximum atomic E-state index is 13.9. The summed E-state index contributed by atoms with van der Waals surface area (Å²) in [5, 5.41) is 8.12. The van der Waals surface area contributed by atoms with Gasteiger partial charge in [-0.05, 0) is 48.2 Å². The van der Waals surface area contributed by atoms with Gasteiger partial charge in [-0.25, -0.2) is 8.78 Å². The minimum atomic E-state index is -0.624. The largest absolute Gasteiger partial charge is 0.206 e. The quantitative estimate of drug-likeness (QED) is 0.498. The predicted molar refractivity (Wildman–Crippen MR) is 91.6 cm³/mol. The van der Waals surface area contributed by atoms with Crippen LogP contribution in [0.2, 0.25) is 5.02 Å². The van der Waals surface area contributed by atoms with Crippen LogP contribution < -0.4 is 0 Å². The molecular formula is C18H17ClF2N2. The van der Waals surface area contributed by atoms with Crippen LogP contribution in [0.25, 0.3) is 0 Å². The molecule has 0 heterocycles. The minimum Gasteiger partial charge on any atom is -0.206 e. The van der Waals surface area contributed by atoms with E-state index < -0.39 is 11.6 Å². The van der Waals surface area contributed by atoms with E-state index in [1.807, 2.05) is 6.92 Å². The summed E-state index contributed by atoms with van der Waals surface area (Å²) in [6, 6.07) is 9.68. The standard InChI is InChI=1S/C18H17ClF2N2/c1-2-3-4-14-9-17(20)16(18(21)10-14)12-23-22-11-13-5-7-15(19)8-6-13/h5-12H,2-4H2,1H3. The Bertz CT molecular complexity index is 686. The minimum absolute atomic E-state index is 0.182. The van der Waals surface area contributed by atoms with E-state index in [0.717, 1.165) is 24.6 Å². The second-order valence-corrected chi connectivity index (χ2v) is 5.55. The lowest BCUT2D eigenvalue weighted by Gasteiger charge is -2.04. The number of hydrogen-bond acceptors (Lipinski definition) is 2. The van der Waals surface area contributed by atoms with Crippen molar-refractivity contribution >= 4 is 24.0 Å². The van der Waals surface area contributed by atoms with Crippen molar-refractivity contribution in [2.75, 3.05) is 0 Å². The first kappa shape index (κ1) is 17.3. The number of halogens is 3. The average Bonchev–Trinajstić information content (AvgIpc) is 2.53. The Balaban J connectivity index is 2.08. The predicted octanol–water partition coefficient (Wildman–Crippen LogP) is 5.41. The summed E-state index contributed by atoms with van der Waals surface area (Å²) in [4.78, 5) is 0. The number of nitrogens with zero attached hydrogens (tertiary/aromatic N) is 2. The average molecular weight is 335 g/mol. The molecule has 23 heavy (non-hydrogen) atoms. The number of unbranched alkanes of at least 4 members (excludes halogenated alkanes) is 1. The molecule has 0 N–H and O–H groups in total. The Labute approximate surface area is 139 Å². The summed E-state index contributed by atoms with van der Waals surface area (Å²) in [6.45, 7) is 2.03. The van der Waals surface area contributed by atoms with Gasteiger partial charge in [0.15, 0.2) is 0 Å². The van der Waals surface area contributed by atoms with E-state index in [-0.39, 0.29) is 5.56 Å². The molecule has 0 radical (unpaired) electrons. The van der Waals surface area contributed by atoms with Crippen molar-refractivity contribution in [3.8, 4) is 0 Å². The molecule has 0 fully saturated rings. The molecule has 0 spiro atoms. The molecule has 2 nitrogen and oxygen atoms in total. The normalized spacial score (nSPS) is 11.7. The lowest BCUT2D eigenvalue weighted by Crippen LogP contribution is -1.97. The zero-order valence-electron chi connectivity index (χ0n) is 12.8. The fourth-order valence-corrected chi connectivity index (χ4v) is 2.15. The van der Waals surface area contributed by atoms with Crippen LogP contribution in [0.15, 0.2) is 46.6 Å². The van der Waals surface area contributed by atoms with Crippen LogP contribution in [0.1, 0.15) is 36.5 Å². The van der Waals surface area contributed by atoms with Crippen LogP contribution in [0.5, 0.6) is 0 Å². The molecule has 0 unspecified atom stereocenters. The van der Waals surface area contributed by atoms with Crippen LogP contribution in [-0.4, -0.2) is 12.4 Å². The summed E-state index contributed by atoms with van der Waals surface area (Å²) < 4.78 is 27.9. The maximum absolute atomic E-state index is 13.9. The molecule has 0 aliphatic carbocycles. The van der Waals surface area contributed by atoms with Crippen LogP contribution in [0.4, 0.5) is 8.78 Å². The van der Waals surface area contributed by atoms with E-state index >= 15 is 0 Å². The summed E-state index contributed by atoms with van der Waals surface area (Å²) >= 11 is 5.77. The molecular weight excluding hydrogens is 318 g/mol. The summed E-state index contributed by atoms with van der Waals surface area (Å²) in [7, 11) is 0. The van der Waals surface area contributed by atoms with Gasteiger partial charge in [0.25, 0.3) is 0 Å². The highest BCUT2D eigenvalue weighted by atomic mass is 35.5. The molecule has 2 rings (SSSR count). The number of benzene rings is 2. The third-order valence-electron chi connectivity index (χ3n) is 3.29. The lowest BCUT2D eigenvalue weighted by molar-refractivity contribution is 0.575. The van der Waals surface area contributed by atoms with Gasteiger partial charge in [0.05, 0.1) is 18.0 Å². The third kappa shape index (κ3) is 5.25. The molecule has 0 saturated carbocycles. The number of hydrogen-bond donors (Lipinski definition) is 0. The van der Waals surface area contributed by atoms with Gasteiger partial charge < -0.3 is 0 Å². The van der Waals surface area contributed by atoms with Crippen molar-refractivity contribution in [2.24, 2.45) is 10.2 Å². The first-order valence-corrected chi connectivity index (χ1v) is 7.78. The van der Waals surface area contributed by atoms with Crippen LogP contribution in [0, 0.1) is 11.6 Å². The molecule has 0 aromatic heterocycles. The van der Waals surface area contributed by atoms with Gasteiger partial charge in [0, 0.05) is 5.02 Å². The molecule has 0 aliphatic rings. The smallest absolute Gasteiger partial charge is 0.135 e. The number of aryl methyl sites for hydroxylation is 1. The molecule has 0 amide bonds. The Hall–Kier alpha value is -2.07. The van der Waals surface area contributed by atoms with Gasteiger partial charge in [0.2, 0.25) is 0 Å². The second kappa shape index (κ2) is 8.53. The van der Waals surface area contributed by atoms with Crippen molar-refractivity contribution in [2.45, 2.75) is 26.2 Å². The Kier molecular flexibility index (Phi) is 6.41. The van der Waals surface area contributed by atoms with Gasteiger partial charge in [-0.1, -0.05) is 37.1 Å². The summed E-state index contributed by atoms with van der Waals surface area (Å²) in [5.74, 6) is -1.25. The second-order valence-electron chi connectivity index (χ2n) is 5.12. The van der Waals surface area contributed by atoms with E-state index in [4.69, 9.17) is 11.6 Å². The van der Waals surface area contributed by atoms with Gasteiger partial charge in [-0.3, -0.25) is 0 Å². The van der Waals surface area contributed by atoms with Crippen molar-refractivity contribution in [1.82, 2.24) is 0 Å². The molecule has 120 valence electrons. The van der Waals surface area contributed by atoms with Crippen molar-refractivity contribution in [1.29, 1.82) is 0 Å². The van der Waals surface area contributed by atoms with E-state index in [1.54, 1.807) is 24.3 Å². The lowest BCUT2D eigenvalue weighted by atomic mass is 10.1. The summed E-state index contributed by atoms with van der Waals surface area (Å²) in [6.07, 6.45) is 5.11. The Morgan fingerprint density at radius 2 is 1.61 bits per heavy atom. The van der Waals surface area contributed by atoms with Crippen LogP contribution >= 0.6 is 11.6 Å². The first-order chi connectivity index (χ1) is 11.1. The first-order valence-electron chi connectivity index (χ1n) is 7.40. The zero-order chi connectivity index (χ0) is 16.7. The van der Waals surface area contributed by atoms with Crippen LogP contribution in [0.3, 0.4) is 0 Å². The number of rotatable bonds is 6. The van der Waals surface area contributed by atoms with E-state index in [2.05, 4.69) is 10.2 Å². The highest BCUT2D eigenvalue weighted by Gasteiger charge is 2.09. The molecule has 5 heteroatoms. The maximum Gasteiger partial charge on any atom is 0.135 e. The zero-order valence-corrected chi connectivity index (χ0v) is 13.5. The van der Waals surface area contributed by atoms with Gasteiger partial charge >= 0.3 is 0 Å². The molecule has 0 bridgehead atoms. The highest BCUT2D eigenvalue weighted by molar-refractivity contribution is 6.30. The topological polar surface area (TPSA) is 24.7 Å².